The highest BCUT2D eigenvalue weighted by molar-refractivity contribution is 5.76. The van der Waals surface area contributed by atoms with Gasteiger partial charge in [-0.25, -0.2) is 0 Å². The van der Waals surface area contributed by atoms with Crippen molar-refractivity contribution in [2.75, 3.05) is 53.0 Å². The molecule has 11 atom stereocenters. The summed E-state index contributed by atoms with van der Waals surface area (Å²) < 4.78 is 20.3. The molecule has 5 rings (SSSR count). The van der Waals surface area contributed by atoms with Gasteiger partial charge in [-0.1, -0.05) is 51.1 Å². The first-order valence-corrected chi connectivity index (χ1v) is 20.6. The number of benzene rings is 1. The highest BCUT2D eigenvalue weighted by Crippen LogP contribution is 2.69. The monoisotopic (exact) mass is 753 g/mol. The number of rotatable bonds is 19. The van der Waals surface area contributed by atoms with Crippen LogP contribution >= 0.6 is 0 Å². The van der Waals surface area contributed by atoms with Gasteiger partial charge < -0.3 is 53.5 Å². The minimum absolute atomic E-state index is 0.00477. The summed E-state index contributed by atoms with van der Waals surface area (Å²) in [5.74, 6) is 3.27. The molecule has 4 aliphatic carbocycles. The molecule has 2 unspecified atom stereocenters. The molecule has 0 aliphatic heterocycles. The number of guanidine groups is 3. The molecule has 4 fully saturated rings. The zero-order valence-electron chi connectivity index (χ0n) is 33.6. The zero-order valence-corrected chi connectivity index (χ0v) is 33.6. The fourth-order valence-electron chi connectivity index (χ4n) is 11.6. The summed E-state index contributed by atoms with van der Waals surface area (Å²) in [6.07, 6.45) is 10.4. The van der Waals surface area contributed by atoms with Crippen LogP contribution in [0.2, 0.25) is 0 Å². The van der Waals surface area contributed by atoms with Crippen LogP contribution in [0.4, 0.5) is 0 Å². The summed E-state index contributed by atoms with van der Waals surface area (Å²) in [5.41, 5.74) is 35.5. The van der Waals surface area contributed by atoms with E-state index < -0.39 is 0 Å². The molecule has 4 aliphatic rings. The predicted octanol–water partition coefficient (Wildman–Crippen LogP) is 3.39. The number of nitrogens with two attached hydrogens (primary N) is 6. The molecular formula is C41H72N10O3. The maximum atomic E-state index is 7.01. The van der Waals surface area contributed by atoms with Gasteiger partial charge in [0, 0.05) is 12.0 Å². The molecule has 0 saturated heterocycles. The van der Waals surface area contributed by atoms with Gasteiger partial charge >= 0.3 is 0 Å². The summed E-state index contributed by atoms with van der Waals surface area (Å²) in [6, 6.07) is 10.8. The molecule has 0 amide bonds. The van der Waals surface area contributed by atoms with Gasteiger partial charge in [0.1, 0.15) is 0 Å². The second-order valence-electron chi connectivity index (χ2n) is 17.3. The standard InChI is InChI=1S/C41H72N10O3/c1-27(9-8-19-51(4)26-28-10-6-5-7-11-28)31-12-13-32-36-33(25-35(41(31,32)3)54-22-18-50-39(46)47)40(2)15-14-30(52-20-16-48-37(42)43)23-29(40)24-34(36)53-21-17-49-38(44)45/h5-7,10-11,27,29-36H,8-9,12-26H2,1-4H3,(H4,42,43,48)(H4,44,45,49)(H4,46,47,50)/t27-,29?,30-,31-,32+,33+,34-,35+,36?,40+,41-/m1/s1. The third-order valence-corrected chi connectivity index (χ3v) is 14.1. The summed E-state index contributed by atoms with van der Waals surface area (Å²) in [4.78, 5) is 15.1. The second kappa shape index (κ2) is 19.1. The van der Waals surface area contributed by atoms with Gasteiger partial charge in [0.2, 0.25) is 0 Å². The highest BCUT2D eigenvalue weighted by atomic mass is 16.5. The van der Waals surface area contributed by atoms with Crippen molar-refractivity contribution in [1.29, 1.82) is 0 Å². The van der Waals surface area contributed by atoms with Gasteiger partial charge in [-0.3, -0.25) is 15.0 Å². The lowest BCUT2D eigenvalue weighted by molar-refractivity contribution is -0.226. The third kappa shape index (κ3) is 10.2. The molecule has 0 aromatic heterocycles. The van der Waals surface area contributed by atoms with Crippen molar-refractivity contribution < 1.29 is 14.2 Å². The van der Waals surface area contributed by atoms with Gasteiger partial charge in [-0.2, -0.15) is 0 Å². The van der Waals surface area contributed by atoms with Crippen molar-refractivity contribution in [3.63, 3.8) is 0 Å². The van der Waals surface area contributed by atoms with Crippen LogP contribution in [0.15, 0.2) is 45.3 Å². The first-order valence-electron chi connectivity index (χ1n) is 20.6. The molecule has 0 heterocycles. The molecule has 1 aromatic carbocycles. The molecule has 13 nitrogen and oxygen atoms in total. The van der Waals surface area contributed by atoms with Gasteiger partial charge in [0.05, 0.1) is 57.8 Å². The van der Waals surface area contributed by atoms with Crippen molar-refractivity contribution >= 4 is 17.9 Å². The Bertz CT molecular complexity index is 1400. The lowest BCUT2D eigenvalue weighted by atomic mass is 9.43. The minimum atomic E-state index is 0.00477. The molecule has 12 N–H and O–H groups in total. The van der Waals surface area contributed by atoms with E-state index in [1.807, 2.05) is 0 Å². The minimum Gasteiger partial charge on any atom is -0.376 e. The Morgan fingerprint density at radius 1 is 0.796 bits per heavy atom. The second-order valence-corrected chi connectivity index (χ2v) is 17.3. The Morgan fingerprint density at radius 3 is 2.07 bits per heavy atom. The van der Waals surface area contributed by atoms with E-state index in [1.165, 1.54) is 31.2 Å². The van der Waals surface area contributed by atoms with Gasteiger partial charge in [0.25, 0.3) is 0 Å². The highest BCUT2D eigenvalue weighted by Gasteiger charge is 2.66. The summed E-state index contributed by atoms with van der Waals surface area (Å²) >= 11 is 0. The fourth-order valence-corrected chi connectivity index (χ4v) is 11.6. The first kappa shape index (κ1) is 42.0. The third-order valence-electron chi connectivity index (χ3n) is 14.1. The Kier molecular flexibility index (Phi) is 14.9. The molecule has 1 aromatic rings. The summed E-state index contributed by atoms with van der Waals surface area (Å²) in [6.45, 7) is 12.6. The van der Waals surface area contributed by atoms with Crippen LogP contribution in [-0.2, 0) is 20.8 Å². The molecule has 304 valence electrons. The molecular weight excluding hydrogens is 681 g/mol. The summed E-state index contributed by atoms with van der Waals surface area (Å²) in [5, 5.41) is 0. The number of fused-ring (bicyclic) bond motifs is 5. The largest absolute Gasteiger partial charge is 0.376 e. The number of ether oxygens (including phenoxy) is 3. The molecule has 0 radical (unpaired) electrons. The van der Waals surface area contributed by atoms with Crippen molar-refractivity contribution in [3.8, 4) is 0 Å². The van der Waals surface area contributed by atoms with Crippen molar-refractivity contribution in [2.24, 2.45) is 95.7 Å². The van der Waals surface area contributed by atoms with E-state index in [2.05, 4.69) is 78.0 Å². The molecule has 13 heteroatoms. The van der Waals surface area contributed by atoms with Crippen molar-refractivity contribution in [1.82, 2.24) is 4.90 Å². The van der Waals surface area contributed by atoms with E-state index in [0.29, 0.717) is 75.0 Å². The van der Waals surface area contributed by atoms with Crippen LogP contribution in [0.1, 0.15) is 84.1 Å². The van der Waals surface area contributed by atoms with Crippen molar-refractivity contribution in [3.05, 3.63) is 35.9 Å². The Hall–Kier alpha value is -3.13. The van der Waals surface area contributed by atoms with E-state index in [1.54, 1.807) is 0 Å². The van der Waals surface area contributed by atoms with Gasteiger partial charge in [-0.15, -0.1) is 0 Å². The predicted molar refractivity (Wildman–Crippen MR) is 218 cm³/mol. The van der Waals surface area contributed by atoms with Gasteiger partial charge in [-0.05, 0) is 118 Å². The van der Waals surface area contributed by atoms with Crippen LogP contribution in [0.5, 0.6) is 0 Å². The topological polar surface area (TPSA) is 224 Å². The van der Waals surface area contributed by atoms with Crippen LogP contribution in [-0.4, -0.2) is 94.1 Å². The molecule has 54 heavy (non-hydrogen) atoms. The lowest BCUT2D eigenvalue weighted by Gasteiger charge is -2.64. The maximum Gasteiger partial charge on any atom is 0.185 e. The van der Waals surface area contributed by atoms with E-state index in [0.717, 1.165) is 45.2 Å². The number of hydrogen-bond acceptors (Lipinski definition) is 7. The number of aliphatic imine (C=N–C) groups is 3. The smallest absolute Gasteiger partial charge is 0.185 e. The maximum absolute atomic E-state index is 7.01. The first-order chi connectivity index (χ1) is 25.8. The normalized spacial score (nSPS) is 33.6. The number of hydrogen-bond donors (Lipinski definition) is 6. The molecule has 0 bridgehead atoms. The van der Waals surface area contributed by atoms with Crippen LogP contribution in [0.3, 0.4) is 0 Å². The van der Waals surface area contributed by atoms with Gasteiger partial charge in [0.15, 0.2) is 17.9 Å². The molecule has 0 spiro atoms. The average molecular weight is 753 g/mol. The Morgan fingerprint density at radius 2 is 1.43 bits per heavy atom. The van der Waals surface area contributed by atoms with Crippen LogP contribution in [0.25, 0.3) is 0 Å². The van der Waals surface area contributed by atoms with Crippen LogP contribution in [0, 0.1) is 46.3 Å². The number of nitrogens with zero attached hydrogens (tertiary/aromatic N) is 4. The van der Waals surface area contributed by atoms with E-state index in [9.17, 15) is 0 Å². The SMILES string of the molecule is C[C@H](CCCN(C)Cc1ccccc1)[C@H]1CC[C@H]2C3[C@H](OCCN=C(N)N)CC4C[C@H](OCCN=C(N)N)CC[C@]4(C)[C@H]3C[C@H](OCCN=C(N)N)[C@]12C. The Labute approximate surface area is 324 Å². The molecule has 4 saturated carbocycles. The lowest BCUT2D eigenvalue weighted by Crippen LogP contribution is -2.63. The summed E-state index contributed by atoms with van der Waals surface area (Å²) in [7, 11) is 2.24. The fraction of sp³-hybridized carbons (Fsp3) is 0.780. The quantitative estimate of drug-likeness (QED) is 0.0687. The van der Waals surface area contributed by atoms with Crippen LogP contribution < -0.4 is 34.4 Å². The van der Waals surface area contributed by atoms with E-state index >= 15 is 0 Å². The van der Waals surface area contributed by atoms with E-state index in [-0.39, 0.29) is 47.0 Å². The Balaban J connectivity index is 1.36. The van der Waals surface area contributed by atoms with E-state index in [4.69, 9.17) is 48.6 Å². The average Bonchev–Trinajstić information content (AvgIpc) is 3.48. The van der Waals surface area contributed by atoms with Crippen molar-refractivity contribution in [2.45, 2.75) is 103 Å². The zero-order chi connectivity index (χ0) is 38.9.